The molecule has 4 rings (SSSR count). The zero-order chi connectivity index (χ0) is 19.5. The van der Waals surface area contributed by atoms with Gasteiger partial charge in [-0.05, 0) is 55.3 Å². The van der Waals surface area contributed by atoms with E-state index in [1.807, 2.05) is 6.07 Å². The van der Waals surface area contributed by atoms with E-state index in [1.165, 1.54) is 23.7 Å². The van der Waals surface area contributed by atoms with Crippen LogP contribution in [-0.2, 0) is 17.6 Å². The first-order chi connectivity index (χ1) is 13.6. The van der Waals surface area contributed by atoms with Gasteiger partial charge in [-0.25, -0.2) is 9.97 Å². The molecule has 8 heteroatoms. The van der Waals surface area contributed by atoms with E-state index in [0.29, 0.717) is 20.9 Å². The van der Waals surface area contributed by atoms with Crippen molar-refractivity contribution in [1.82, 2.24) is 9.97 Å². The average molecular weight is 450 g/mol. The number of nitrogens with one attached hydrogen (secondary N) is 1. The first kappa shape index (κ1) is 19.7. The summed E-state index contributed by atoms with van der Waals surface area (Å²) >= 11 is 15.0. The lowest BCUT2D eigenvalue weighted by Gasteiger charge is -2.18. The first-order valence-electron chi connectivity index (χ1n) is 8.91. The molecule has 3 aromatic rings. The number of hydrogen-bond donors (Lipinski definition) is 1. The summed E-state index contributed by atoms with van der Waals surface area (Å²) in [7, 11) is 0. The number of fused-ring (bicyclic) bond motifs is 1. The molecular formula is C20H17Cl2N3OS2. The maximum absolute atomic E-state index is 12.3. The molecule has 1 N–H and O–H groups in total. The Hall–Kier alpha value is -1.60. The molecule has 144 valence electrons. The zero-order valence-corrected chi connectivity index (χ0v) is 18.0. The van der Waals surface area contributed by atoms with E-state index in [0.717, 1.165) is 35.5 Å². The minimum absolute atomic E-state index is 0.151. The van der Waals surface area contributed by atoms with Crippen molar-refractivity contribution in [2.24, 2.45) is 0 Å². The van der Waals surface area contributed by atoms with Crippen LogP contribution in [0.15, 0.2) is 40.9 Å². The van der Waals surface area contributed by atoms with E-state index in [4.69, 9.17) is 33.2 Å². The lowest BCUT2D eigenvalue weighted by atomic mass is 9.94. The number of aryl methyl sites for hydroxylation is 1. The lowest BCUT2D eigenvalue weighted by molar-refractivity contribution is -0.113. The molecule has 2 aromatic heterocycles. The standard InChI is InChI=1S/C20H17Cl2N3OS2/c21-12-8-13(22)10-14(9-12)23-18(26)11-28-20-24-16-5-2-1-4-15(16)19(25-20)17-6-3-7-27-17/h3,6-10H,1-2,4-5,11H2,(H,23,26). The smallest absolute Gasteiger partial charge is 0.234 e. The van der Waals surface area contributed by atoms with E-state index < -0.39 is 0 Å². The highest BCUT2D eigenvalue weighted by atomic mass is 35.5. The maximum Gasteiger partial charge on any atom is 0.234 e. The predicted octanol–water partition coefficient (Wildman–Crippen LogP) is 6.12. The molecule has 0 saturated heterocycles. The second kappa shape index (κ2) is 8.82. The van der Waals surface area contributed by atoms with Crippen molar-refractivity contribution in [2.45, 2.75) is 30.8 Å². The van der Waals surface area contributed by atoms with Crippen LogP contribution in [0.25, 0.3) is 10.6 Å². The molecule has 4 nitrogen and oxygen atoms in total. The highest BCUT2D eigenvalue weighted by Gasteiger charge is 2.20. The van der Waals surface area contributed by atoms with Gasteiger partial charge in [-0.3, -0.25) is 4.79 Å². The quantitative estimate of drug-likeness (QED) is 0.376. The van der Waals surface area contributed by atoms with Crippen molar-refractivity contribution in [3.63, 3.8) is 0 Å². The molecule has 1 aliphatic carbocycles. The number of hydrogen-bond acceptors (Lipinski definition) is 5. The summed E-state index contributed by atoms with van der Waals surface area (Å²) in [4.78, 5) is 23.0. The van der Waals surface area contributed by atoms with Crippen LogP contribution in [0.3, 0.4) is 0 Å². The molecule has 0 atom stereocenters. The number of thioether (sulfide) groups is 1. The molecule has 28 heavy (non-hydrogen) atoms. The van der Waals surface area contributed by atoms with Gasteiger partial charge in [0.1, 0.15) is 0 Å². The fourth-order valence-corrected chi connectivity index (χ4v) is 5.14. The first-order valence-corrected chi connectivity index (χ1v) is 11.5. The van der Waals surface area contributed by atoms with Gasteiger partial charge in [-0.15, -0.1) is 11.3 Å². The van der Waals surface area contributed by atoms with Crippen molar-refractivity contribution in [1.29, 1.82) is 0 Å². The number of benzene rings is 1. The molecular weight excluding hydrogens is 433 g/mol. The maximum atomic E-state index is 12.3. The summed E-state index contributed by atoms with van der Waals surface area (Å²) in [5.41, 5.74) is 3.98. The normalized spacial score (nSPS) is 13.2. The van der Waals surface area contributed by atoms with Crippen LogP contribution in [0, 0.1) is 0 Å². The SMILES string of the molecule is O=C(CSc1nc2c(c(-c3cccs3)n1)CCCC2)Nc1cc(Cl)cc(Cl)c1. The topological polar surface area (TPSA) is 54.9 Å². The van der Waals surface area contributed by atoms with Gasteiger partial charge in [-0.1, -0.05) is 41.0 Å². The van der Waals surface area contributed by atoms with Crippen LogP contribution in [0.1, 0.15) is 24.1 Å². The zero-order valence-electron chi connectivity index (χ0n) is 14.9. The number of carbonyl (C=O) groups is 1. The minimum atomic E-state index is -0.151. The van der Waals surface area contributed by atoms with E-state index in [9.17, 15) is 4.79 Å². The van der Waals surface area contributed by atoms with Crippen molar-refractivity contribution in [3.05, 3.63) is 57.0 Å². The Bertz CT molecular complexity index is 989. The minimum Gasteiger partial charge on any atom is -0.325 e. The Kier molecular flexibility index (Phi) is 6.21. The lowest BCUT2D eigenvalue weighted by Crippen LogP contribution is -2.15. The molecule has 0 radical (unpaired) electrons. The van der Waals surface area contributed by atoms with Crippen molar-refractivity contribution < 1.29 is 4.79 Å². The van der Waals surface area contributed by atoms with Crippen LogP contribution in [0.5, 0.6) is 0 Å². The summed E-state index contributed by atoms with van der Waals surface area (Å²) in [5.74, 6) is 0.0645. The largest absolute Gasteiger partial charge is 0.325 e. The Morgan fingerprint density at radius 1 is 1.14 bits per heavy atom. The van der Waals surface area contributed by atoms with E-state index in [1.54, 1.807) is 29.5 Å². The summed E-state index contributed by atoms with van der Waals surface area (Å²) < 4.78 is 0. The fraction of sp³-hybridized carbons (Fsp3) is 0.250. The highest BCUT2D eigenvalue weighted by molar-refractivity contribution is 7.99. The number of carbonyl (C=O) groups excluding carboxylic acids is 1. The Morgan fingerprint density at radius 2 is 1.93 bits per heavy atom. The molecule has 0 spiro atoms. The molecule has 1 aliphatic rings. The van der Waals surface area contributed by atoms with Crippen LogP contribution in [-0.4, -0.2) is 21.6 Å². The van der Waals surface area contributed by atoms with Gasteiger partial charge >= 0.3 is 0 Å². The van der Waals surface area contributed by atoms with Gasteiger partial charge in [0, 0.05) is 27.0 Å². The van der Waals surface area contributed by atoms with Crippen LogP contribution in [0.2, 0.25) is 10.0 Å². The summed E-state index contributed by atoms with van der Waals surface area (Å²) in [6.07, 6.45) is 4.31. The van der Waals surface area contributed by atoms with E-state index >= 15 is 0 Å². The number of nitrogens with zero attached hydrogens (tertiary/aromatic N) is 2. The monoisotopic (exact) mass is 449 g/mol. The van der Waals surface area contributed by atoms with Gasteiger partial charge in [0.2, 0.25) is 5.91 Å². The third kappa shape index (κ3) is 4.69. The third-order valence-electron chi connectivity index (χ3n) is 4.40. The van der Waals surface area contributed by atoms with Crippen molar-refractivity contribution >= 4 is 57.9 Å². The molecule has 0 unspecified atom stereocenters. The number of halogens is 2. The Morgan fingerprint density at radius 3 is 2.68 bits per heavy atom. The molecule has 0 fully saturated rings. The van der Waals surface area contributed by atoms with Gasteiger partial charge in [-0.2, -0.15) is 0 Å². The van der Waals surface area contributed by atoms with Gasteiger partial charge in [0.15, 0.2) is 5.16 Å². The average Bonchev–Trinajstić information content (AvgIpc) is 3.19. The number of amides is 1. The Labute approximate surface area is 181 Å². The van der Waals surface area contributed by atoms with Crippen LogP contribution in [0.4, 0.5) is 5.69 Å². The molecule has 0 aliphatic heterocycles. The Balaban J connectivity index is 1.50. The number of anilines is 1. The highest BCUT2D eigenvalue weighted by Crippen LogP contribution is 2.33. The van der Waals surface area contributed by atoms with Crippen molar-refractivity contribution in [3.8, 4) is 10.6 Å². The second-order valence-corrected chi connectivity index (χ2v) is 9.22. The number of aromatic nitrogens is 2. The summed E-state index contributed by atoms with van der Waals surface area (Å²) in [5, 5.41) is 6.48. The predicted molar refractivity (Wildman–Crippen MR) is 118 cm³/mol. The van der Waals surface area contributed by atoms with E-state index in [-0.39, 0.29) is 11.7 Å². The summed E-state index contributed by atoms with van der Waals surface area (Å²) in [6, 6.07) is 9.08. The van der Waals surface area contributed by atoms with E-state index in [2.05, 4.69) is 16.8 Å². The molecule has 0 saturated carbocycles. The molecule has 1 aromatic carbocycles. The number of thiophene rings is 1. The second-order valence-electron chi connectivity index (χ2n) is 6.46. The molecule has 2 heterocycles. The summed E-state index contributed by atoms with van der Waals surface area (Å²) in [6.45, 7) is 0. The van der Waals surface area contributed by atoms with Gasteiger partial charge < -0.3 is 5.32 Å². The fourth-order valence-electron chi connectivity index (χ4n) is 3.21. The third-order valence-corrected chi connectivity index (χ3v) is 6.56. The molecule has 1 amide bonds. The number of rotatable bonds is 5. The van der Waals surface area contributed by atoms with Crippen molar-refractivity contribution in [2.75, 3.05) is 11.1 Å². The van der Waals surface area contributed by atoms with Gasteiger partial charge in [0.25, 0.3) is 0 Å². The van der Waals surface area contributed by atoms with Crippen LogP contribution >= 0.6 is 46.3 Å². The van der Waals surface area contributed by atoms with Gasteiger partial charge in [0.05, 0.1) is 16.3 Å². The molecule has 0 bridgehead atoms. The van der Waals surface area contributed by atoms with Crippen LogP contribution < -0.4 is 5.32 Å².